The van der Waals surface area contributed by atoms with Crippen LogP contribution in [0, 0.1) is 11.3 Å². The van der Waals surface area contributed by atoms with Crippen LogP contribution in [-0.4, -0.2) is 293 Å². The van der Waals surface area contributed by atoms with Gasteiger partial charge in [0.1, 0.15) is 0 Å². The van der Waals surface area contributed by atoms with Gasteiger partial charge < -0.3 is 110 Å². The van der Waals surface area contributed by atoms with Crippen molar-refractivity contribution in [2.24, 2.45) is 11.3 Å². The van der Waals surface area contributed by atoms with Crippen LogP contribution in [0.1, 0.15) is 386 Å². The fourth-order valence-electron chi connectivity index (χ4n) is 7.24. The van der Waals surface area contributed by atoms with Gasteiger partial charge in [-0.2, -0.15) is 0 Å². The molecular formula is C102H232O23. The standard InChI is InChI=1S/C9H20O.C8H18O3.3C8H18O2.2C8H18O.C7H16O2.2C7H16O.3C6H14O2.C6H14O/c1-4-5-6-7-8-10-9(2)3;1-8(2)11-7-6-10-5-4-9-3;1-8(2)10-7-5-4-6-9-3;1-4-8(5-9)6-10-7(2)3;1-4-5-9-6-7-10-8(2)3;1-7(2)9-6-8(3,4)5;1-4-5-6-7-9-8(2)3;1-7(2)9-6-4-5-8-3;2*1-4-5-6-8-7(2)3;1-6(2)8-5-4-7-3;2*1-5(2)8-4-6(3)7;1-4-5-7-6(2)3/h9H,4-8H2,1-3H3;8H,4-7H2,1-3H3;8H,4-7H2,1-3H3;7-9H,4-6H2,1-3H3;8H,4-7H2,1-3H3;7H,6H2,1-5H3;8H,4-7H2,1-3H3;7H,4-6H2,1-3H3;2*7H,4-6H2,1-3H3;6H,4-5H2,1-3H3;2*5-7H,4H2,1-3H3;6H,4-5H2,1-3H3/t;;;;;;;;;;;6-;;/m...........1../s1. The van der Waals surface area contributed by atoms with E-state index < -0.39 is 0 Å². The van der Waals surface area contributed by atoms with Gasteiger partial charge in [-0.05, 0) is 277 Å². The molecule has 0 heterocycles. The van der Waals surface area contributed by atoms with E-state index in [2.05, 4.69) is 166 Å². The molecule has 0 aliphatic heterocycles. The van der Waals surface area contributed by atoms with Crippen molar-refractivity contribution in [2.75, 3.05) is 180 Å². The molecule has 3 atom stereocenters. The summed E-state index contributed by atoms with van der Waals surface area (Å²) in [5.74, 6) is 0.322. The summed E-state index contributed by atoms with van der Waals surface area (Å²) >= 11 is 0. The molecule has 0 aromatic rings. The first-order chi connectivity index (χ1) is 58.6. The van der Waals surface area contributed by atoms with Gasteiger partial charge in [-0.25, -0.2) is 0 Å². The molecule has 0 saturated carbocycles. The summed E-state index contributed by atoms with van der Waals surface area (Å²) in [4.78, 5) is 0. The van der Waals surface area contributed by atoms with Crippen LogP contribution < -0.4 is 0 Å². The molecule has 0 bridgehead atoms. The van der Waals surface area contributed by atoms with Crippen LogP contribution in [0.15, 0.2) is 0 Å². The number of ether oxygens (including phenoxy) is 20. The van der Waals surface area contributed by atoms with Crippen molar-refractivity contribution >= 4 is 0 Å². The van der Waals surface area contributed by atoms with Gasteiger partial charge in [0.2, 0.25) is 0 Å². The second kappa shape index (κ2) is 136. The first kappa shape index (κ1) is 155. The lowest BCUT2D eigenvalue weighted by Gasteiger charge is -2.19. The van der Waals surface area contributed by atoms with Crippen LogP contribution in [0.25, 0.3) is 0 Å². The van der Waals surface area contributed by atoms with Crippen molar-refractivity contribution in [2.45, 2.75) is 484 Å². The van der Waals surface area contributed by atoms with Crippen LogP contribution in [0.5, 0.6) is 0 Å². The summed E-state index contributed by atoms with van der Waals surface area (Å²) in [6, 6.07) is 0. The SMILES string of the molecule is CC(C)OCC(C)(C)C.CC(C)OC[C@@H](C)O.CC(O)COC(C)C.CCC(CO)COC(C)C.CCCCCCOC(C)C.CCCCCOC(C)C.CCCCOC(C)C.CCCCOC(C)C.CCCOC(C)C.CCCOCCOC(C)C.COCCCCOC(C)C.COCCCOC(C)C.COCCOC(C)C.COCCOCCOC(C)C. The van der Waals surface area contributed by atoms with Gasteiger partial charge in [0, 0.05) is 107 Å². The lowest BCUT2D eigenvalue weighted by Crippen LogP contribution is -2.17. The molecule has 0 saturated heterocycles. The quantitative estimate of drug-likeness (QED) is 0.0479. The Balaban J connectivity index is -0.0000000886. The fraction of sp³-hybridized carbons (Fsp3) is 1.00. The van der Waals surface area contributed by atoms with E-state index in [1.165, 1.54) is 70.6 Å². The van der Waals surface area contributed by atoms with Gasteiger partial charge in [0.05, 0.1) is 177 Å². The van der Waals surface area contributed by atoms with Gasteiger partial charge in [0.25, 0.3) is 0 Å². The van der Waals surface area contributed by atoms with Gasteiger partial charge >= 0.3 is 0 Å². The molecule has 125 heavy (non-hydrogen) atoms. The van der Waals surface area contributed by atoms with Gasteiger partial charge in [-0.1, -0.05) is 114 Å². The molecule has 0 aromatic carbocycles. The first-order valence-electron chi connectivity index (χ1n) is 49.3. The summed E-state index contributed by atoms with van der Waals surface area (Å²) in [6.07, 6.45) is 24.3. The zero-order chi connectivity index (χ0) is 99.7. The Kier molecular flexibility index (Phi) is 169. The van der Waals surface area contributed by atoms with Crippen molar-refractivity contribution in [1.29, 1.82) is 0 Å². The summed E-state index contributed by atoms with van der Waals surface area (Å²) in [6.45, 7) is 98.8. The number of aliphatic hydroxyl groups excluding tert-OH is 3. The van der Waals surface area contributed by atoms with Crippen LogP contribution in [0.3, 0.4) is 0 Å². The maximum atomic E-state index is 8.76. The summed E-state index contributed by atoms with van der Waals surface area (Å²) in [7, 11) is 6.76. The van der Waals surface area contributed by atoms with Crippen molar-refractivity contribution < 1.29 is 110 Å². The molecule has 2 unspecified atom stereocenters. The average Bonchev–Trinajstić information content (AvgIpc) is 0.983. The predicted octanol–water partition coefficient (Wildman–Crippen LogP) is 24.6. The third-order valence-electron chi connectivity index (χ3n) is 13.9. The van der Waals surface area contributed by atoms with E-state index in [0.717, 1.165) is 124 Å². The Hall–Kier alpha value is -0.920. The Morgan fingerprint density at radius 3 is 0.680 bits per heavy atom. The fourth-order valence-corrected chi connectivity index (χ4v) is 7.24. The van der Waals surface area contributed by atoms with E-state index in [4.69, 9.17) is 110 Å². The lowest BCUT2D eigenvalue weighted by molar-refractivity contribution is 0.00514. The summed E-state index contributed by atoms with van der Waals surface area (Å²) in [5.41, 5.74) is 0.310. The molecular weight excluding hydrogens is 1590 g/mol. The highest BCUT2D eigenvalue weighted by molar-refractivity contribution is 4.60. The minimum absolute atomic E-state index is 0.226. The van der Waals surface area contributed by atoms with E-state index >= 15 is 0 Å². The van der Waals surface area contributed by atoms with E-state index in [1.54, 1.807) is 42.3 Å². The summed E-state index contributed by atoms with van der Waals surface area (Å²) < 4.78 is 103. The van der Waals surface area contributed by atoms with Crippen LogP contribution in [0.2, 0.25) is 0 Å². The molecule has 0 aliphatic rings. The normalized spacial score (nSPS) is 11.6. The van der Waals surface area contributed by atoms with Crippen molar-refractivity contribution in [3.63, 3.8) is 0 Å². The second-order valence-corrected chi connectivity index (χ2v) is 35.1. The number of rotatable bonds is 63. The number of hydrogen-bond donors (Lipinski definition) is 3. The van der Waals surface area contributed by atoms with Crippen molar-refractivity contribution in [1.82, 2.24) is 0 Å². The maximum absolute atomic E-state index is 8.76. The number of aliphatic hydroxyl groups is 3. The second-order valence-electron chi connectivity index (χ2n) is 35.1. The Labute approximate surface area is 781 Å². The van der Waals surface area contributed by atoms with Crippen LogP contribution >= 0.6 is 0 Å². The highest BCUT2D eigenvalue weighted by atomic mass is 16.6. The molecule has 3 N–H and O–H groups in total. The number of unbranched alkanes of at least 4 members (excludes halogenated alkanes) is 8. The van der Waals surface area contributed by atoms with Crippen molar-refractivity contribution in [3.05, 3.63) is 0 Å². The lowest BCUT2D eigenvalue weighted by atomic mass is 9.99. The zero-order valence-electron chi connectivity index (χ0n) is 92.1. The Bertz CT molecular complexity index is 1520. The molecule has 0 rings (SSSR count). The Morgan fingerprint density at radius 2 is 0.432 bits per heavy atom. The average molecular weight is 1830 g/mol. The number of methoxy groups -OCH3 is 4. The van der Waals surface area contributed by atoms with Crippen molar-refractivity contribution in [3.8, 4) is 0 Å². The molecule has 0 radical (unpaired) electrons. The minimum Gasteiger partial charge on any atom is -0.396 e. The third kappa shape index (κ3) is 255. The molecule has 0 spiro atoms. The van der Waals surface area contributed by atoms with E-state index in [1.807, 2.05) is 96.9 Å². The highest BCUT2D eigenvalue weighted by Crippen LogP contribution is 2.14. The van der Waals surface area contributed by atoms with Gasteiger partial charge in [-0.15, -0.1) is 0 Å². The van der Waals surface area contributed by atoms with E-state index in [-0.39, 0.29) is 37.1 Å². The Morgan fingerprint density at radius 1 is 0.208 bits per heavy atom. The maximum Gasteiger partial charge on any atom is 0.0745 e. The topological polar surface area (TPSA) is 245 Å². The van der Waals surface area contributed by atoms with Crippen LogP contribution in [0.4, 0.5) is 0 Å². The molecule has 0 aromatic heterocycles. The first-order valence-corrected chi connectivity index (χ1v) is 49.3. The van der Waals surface area contributed by atoms with E-state index in [0.29, 0.717) is 138 Å². The summed E-state index contributed by atoms with van der Waals surface area (Å²) in [5, 5.41) is 26.1. The molecule has 778 valence electrons. The van der Waals surface area contributed by atoms with E-state index in [9.17, 15) is 0 Å². The molecule has 0 aliphatic carbocycles. The predicted molar refractivity (Wildman–Crippen MR) is 536 cm³/mol. The largest absolute Gasteiger partial charge is 0.396 e. The highest BCUT2D eigenvalue weighted by Gasteiger charge is 2.11. The molecule has 0 amide bonds. The zero-order valence-corrected chi connectivity index (χ0v) is 92.1. The van der Waals surface area contributed by atoms with Crippen LogP contribution in [-0.2, 0) is 94.7 Å². The molecule has 23 heteroatoms. The smallest absolute Gasteiger partial charge is 0.0745 e. The van der Waals surface area contributed by atoms with Gasteiger partial charge in [0.15, 0.2) is 0 Å². The number of hydrogen-bond acceptors (Lipinski definition) is 23. The monoisotopic (exact) mass is 1830 g/mol. The van der Waals surface area contributed by atoms with Gasteiger partial charge in [-0.3, -0.25) is 0 Å². The molecule has 23 nitrogen and oxygen atoms in total. The minimum atomic E-state index is -0.336. The third-order valence-corrected chi connectivity index (χ3v) is 13.9. The molecule has 0 fully saturated rings.